The lowest BCUT2D eigenvalue weighted by molar-refractivity contribution is -0.121. The Morgan fingerprint density at radius 2 is 2.17 bits per heavy atom. The molecule has 0 radical (unpaired) electrons. The minimum absolute atomic E-state index is 0.172. The Bertz CT molecular complexity index is 139. The van der Waals surface area contributed by atoms with Gasteiger partial charge in [0.15, 0.2) is 0 Å². The van der Waals surface area contributed by atoms with Crippen LogP contribution in [0, 0.1) is 5.92 Å². The van der Waals surface area contributed by atoms with Gasteiger partial charge in [-0.05, 0) is 6.42 Å². The summed E-state index contributed by atoms with van der Waals surface area (Å²) in [5.74, 6) is -0.484. The van der Waals surface area contributed by atoms with Gasteiger partial charge in [-0.2, -0.15) is 0 Å². The lowest BCUT2D eigenvalue weighted by Crippen LogP contribution is -2.34. The van der Waals surface area contributed by atoms with Crippen LogP contribution >= 0.6 is 0 Å². The fourth-order valence-electron chi connectivity index (χ4n) is 0.711. The molecule has 0 spiro atoms. The highest BCUT2D eigenvalue weighted by Gasteiger charge is 2.08. The molecule has 0 aliphatic carbocycles. The van der Waals surface area contributed by atoms with E-state index in [-0.39, 0.29) is 17.9 Å². The van der Waals surface area contributed by atoms with Gasteiger partial charge in [-0.1, -0.05) is 13.8 Å². The first kappa shape index (κ1) is 11.4. The highest BCUT2D eigenvalue weighted by Crippen LogP contribution is 1.91. The Kier molecular flexibility index (Phi) is 5.66. The molecule has 72 valence electrons. The second-order valence-electron chi connectivity index (χ2n) is 3.02. The van der Waals surface area contributed by atoms with E-state index in [1.807, 2.05) is 6.92 Å². The van der Waals surface area contributed by atoms with Crippen LogP contribution in [0.25, 0.3) is 0 Å². The van der Waals surface area contributed by atoms with Gasteiger partial charge in [-0.3, -0.25) is 4.79 Å². The van der Waals surface area contributed by atoms with Gasteiger partial charge in [0, 0.05) is 19.0 Å². The summed E-state index contributed by atoms with van der Waals surface area (Å²) in [6.45, 7) is 4.72. The monoisotopic (exact) mass is 174 g/mol. The summed E-state index contributed by atoms with van der Waals surface area (Å²) in [7, 11) is 0. The van der Waals surface area contributed by atoms with Crippen LogP contribution in [-0.2, 0) is 4.79 Å². The van der Waals surface area contributed by atoms with Crippen molar-refractivity contribution in [1.29, 1.82) is 0 Å². The van der Waals surface area contributed by atoms with Gasteiger partial charge in [0.2, 0.25) is 5.91 Å². The molecule has 0 rings (SSSR count). The number of amides is 1. The van der Waals surface area contributed by atoms with E-state index in [2.05, 4.69) is 5.32 Å². The molecule has 2 atom stereocenters. The van der Waals surface area contributed by atoms with Gasteiger partial charge in [-0.25, -0.2) is 0 Å². The summed E-state index contributed by atoms with van der Waals surface area (Å²) in [6, 6.07) is 0. The third kappa shape index (κ3) is 5.09. The molecule has 2 unspecified atom stereocenters. The molecule has 0 aliphatic heterocycles. The summed E-state index contributed by atoms with van der Waals surface area (Å²) in [4.78, 5) is 10.6. The number of nitrogens with one attached hydrogen (secondary N) is 1. The predicted molar refractivity (Wildman–Crippen MR) is 47.5 cm³/mol. The van der Waals surface area contributed by atoms with E-state index in [9.17, 15) is 4.79 Å². The Morgan fingerprint density at radius 3 is 2.58 bits per heavy atom. The molecule has 0 aromatic heterocycles. The maximum Gasteiger partial charge on any atom is 0.221 e. The van der Waals surface area contributed by atoms with Crippen LogP contribution in [0.15, 0.2) is 0 Å². The zero-order chi connectivity index (χ0) is 9.56. The summed E-state index contributed by atoms with van der Waals surface area (Å²) in [5, 5.41) is 12.1. The smallest absolute Gasteiger partial charge is 0.221 e. The molecular weight excluding hydrogens is 156 g/mol. The van der Waals surface area contributed by atoms with Crippen LogP contribution in [0.5, 0.6) is 0 Å². The molecule has 4 N–H and O–H groups in total. The molecule has 0 bridgehead atoms. The number of rotatable bonds is 6. The summed E-state index contributed by atoms with van der Waals surface area (Å²) in [6.07, 6.45) is 0.392. The number of nitrogens with two attached hydrogens (primary N) is 1. The van der Waals surface area contributed by atoms with E-state index >= 15 is 0 Å². The van der Waals surface area contributed by atoms with Crippen molar-refractivity contribution in [2.24, 2.45) is 11.7 Å². The van der Waals surface area contributed by atoms with Crippen molar-refractivity contribution < 1.29 is 9.90 Å². The number of primary amides is 1. The Labute approximate surface area is 73.1 Å². The van der Waals surface area contributed by atoms with E-state index in [0.29, 0.717) is 13.1 Å². The topological polar surface area (TPSA) is 75.3 Å². The van der Waals surface area contributed by atoms with Gasteiger partial charge in [0.05, 0.1) is 6.10 Å². The third-order valence-corrected chi connectivity index (χ3v) is 1.79. The quantitative estimate of drug-likeness (QED) is 0.506. The molecule has 12 heavy (non-hydrogen) atoms. The molecule has 0 heterocycles. The molecule has 0 aromatic carbocycles. The number of hydrogen-bond acceptors (Lipinski definition) is 3. The van der Waals surface area contributed by atoms with Gasteiger partial charge in [0.25, 0.3) is 0 Å². The zero-order valence-electron chi connectivity index (χ0n) is 7.71. The Morgan fingerprint density at radius 1 is 1.58 bits per heavy atom. The van der Waals surface area contributed by atoms with E-state index in [1.165, 1.54) is 0 Å². The van der Waals surface area contributed by atoms with Crippen molar-refractivity contribution in [2.45, 2.75) is 26.4 Å². The lowest BCUT2D eigenvalue weighted by Gasteiger charge is -2.11. The summed E-state index contributed by atoms with van der Waals surface area (Å²) >= 11 is 0. The summed E-state index contributed by atoms with van der Waals surface area (Å²) in [5.41, 5.74) is 5.04. The second kappa shape index (κ2) is 5.97. The molecule has 4 nitrogen and oxygen atoms in total. The largest absolute Gasteiger partial charge is 0.392 e. The number of carbonyl (C=O) groups excluding carboxylic acids is 1. The maximum absolute atomic E-state index is 10.6. The van der Waals surface area contributed by atoms with E-state index in [0.717, 1.165) is 6.42 Å². The van der Waals surface area contributed by atoms with Crippen molar-refractivity contribution in [3.05, 3.63) is 0 Å². The Hall–Kier alpha value is -0.610. The first-order valence-electron chi connectivity index (χ1n) is 4.26. The number of aliphatic hydroxyl groups is 1. The fraction of sp³-hybridized carbons (Fsp3) is 0.875. The molecule has 0 saturated heterocycles. The van der Waals surface area contributed by atoms with Crippen LogP contribution in [0.1, 0.15) is 20.3 Å². The highest BCUT2D eigenvalue weighted by molar-refractivity contribution is 5.76. The molecule has 0 aromatic rings. The third-order valence-electron chi connectivity index (χ3n) is 1.79. The molecule has 4 heteroatoms. The van der Waals surface area contributed by atoms with Gasteiger partial charge < -0.3 is 16.2 Å². The average molecular weight is 174 g/mol. The molecule has 0 aliphatic rings. The summed E-state index contributed by atoms with van der Waals surface area (Å²) < 4.78 is 0. The number of hydrogen-bond donors (Lipinski definition) is 3. The van der Waals surface area contributed by atoms with Crippen LogP contribution in [-0.4, -0.2) is 30.2 Å². The highest BCUT2D eigenvalue weighted by atomic mass is 16.3. The minimum atomic E-state index is -0.329. The predicted octanol–water partition coefficient (Wildman–Crippen LogP) is -0.532. The number of aliphatic hydroxyl groups excluding tert-OH is 1. The van der Waals surface area contributed by atoms with Gasteiger partial charge >= 0.3 is 0 Å². The first-order valence-corrected chi connectivity index (χ1v) is 4.26. The average Bonchev–Trinajstić information content (AvgIpc) is 2.03. The second-order valence-corrected chi connectivity index (χ2v) is 3.02. The number of carbonyl (C=O) groups is 1. The van der Waals surface area contributed by atoms with Crippen molar-refractivity contribution in [3.8, 4) is 0 Å². The van der Waals surface area contributed by atoms with Crippen molar-refractivity contribution in [3.63, 3.8) is 0 Å². The fourth-order valence-corrected chi connectivity index (χ4v) is 0.711. The van der Waals surface area contributed by atoms with E-state index in [4.69, 9.17) is 10.8 Å². The van der Waals surface area contributed by atoms with Crippen LogP contribution < -0.4 is 11.1 Å². The molecule has 0 saturated carbocycles. The van der Waals surface area contributed by atoms with E-state index < -0.39 is 0 Å². The molecule has 1 amide bonds. The van der Waals surface area contributed by atoms with Crippen molar-refractivity contribution in [1.82, 2.24) is 5.32 Å². The van der Waals surface area contributed by atoms with Crippen LogP contribution in [0.4, 0.5) is 0 Å². The normalized spacial score (nSPS) is 15.6. The van der Waals surface area contributed by atoms with Crippen molar-refractivity contribution in [2.75, 3.05) is 13.1 Å². The lowest BCUT2D eigenvalue weighted by atomic mass is 10.1. The SMILES string of the molecule is CCC(O)CNCC(C)C(N)=O. The zero-order valence-corrected chi connectivity index (χ0v) is 7.71. The molecular formula is C8H18N2O2. The van der Waals surface area contributed by atoms with E-state index in [1.54, 1.807) is 6.92 Å². The van der Waals surface area contributed by atoms with Crippen LogP contribution in [0.3, 0.4) is 0 Å². The standard InChI is InChI=1S/C8H18N2O2/c1-3-7(11)5-10-4-6(2)8(9)12/h6-7,10-11H,3-5H2,1-2H3,(H2,9,12). The van der Waals surface area contributed by atoms with Crippen molar-refractivity contribution >= 4 is 5.91 Å². The van der Waals surface area contributed by atoms with Gasteiger partial charge in [-0.15, -0.1) is 0 Å². The minimum Gasteiger partial charge on any atom is -0.392 e. The first-order chi connectivity index (χ1) is 5.57. The Balaban J connectivity index is 3.37. The van der Waals surface area contributed by atoms with Crippen LogP contribution in [0.2, 0.25) is 0 Å². The molecule has 0 fully saturated rings. The maximum atomic E-state index is 10.6. The van der Waals surface area contributed by atoms with Gasteiger partial charge in [0.1, 0.15) is 0 Å².